The second kappa shape index (κ2) is 9.01. The Morgan fingerprint density at radius 2 is 1.84 bits per heavy atom. The van der Waals surface area contributed by atoms with Crippen molar-refractivity contribution in [3.05, 3.63) is 82.7 Å². The molecule has 0 fully saturated rings. The van der Waals surface area contributed by atoms with E-state index in [0.29, 0.717) is 22.7 Å². The Labute approximate surface area is 179 Å². The molecule has 1 amide bonds. The van der Waals surface area contributed by atoms with E-state index in [9.17, 15) is 20.0 Å². The fraction of sp³-hybridized carbons (Fsp3) is 0.125. The maximum Gasteiger partial charge on any atom is 0.266 e. The van der Waals surface area contributed by atoms with E-state index in [0.717, 1.165) is 11.4 Å². The standard InChI is InChI=1S/C24H21N3O4/c1-15-11-18(16(2)27(15)21-6-4-5-17(13-21)24(29)30)12-19(14-25)23(28)26-20-7-9-22(31-3)10-8-20/h4-13H,1-3H3,(H,26,28)(H,29,30)/p-1/b19-12+. The van der Waals surface area contributed by atoms with Crippen molar-refractivity contribution in [3.63, 3.8) is 0 Å². The van der Waals surface area contributed by atoms with Crippen LogP contribution in [0.3, 0.4) is 0 Å². The molecule has 156 valence electrons. The highest BCUT2D eigenvalue weighted by Crippen LogP contribution is 2.24. The number of benzene rings is 2. The first kappa shape index (κ1) is 21.4. The van der Waals surface area contributed by atoms with Gasteiger partial charge in [0, 0.05) is 22.8 Å². The molecule has 0 saturated heterocycles. The van der Waals surface area contributed by atoms with Crippen molar-refractivity contribution >= 4 is 23.6 Å². The number of aromatic carboxylic acids is 1. The third-order valence-electron chi connectivity index (χ3n) is 4.82. The van der Waals surface area contributed by atoms with Crippen LogP contribution in [0.15, 0.2) is 60.2 Å². The number of carbonyl (C=O) groups is 2. The maximum absolute atomic E-state index is 12.6. The average molecular weight is 414 g/mol. The van der Waals surface area contributed by atoms with E-state index in [4.69, 9.17) is 4.74 Å². The van der Waals surface area contributed by atoms with Gasteiger partial charge in [-0.3, -0.25) is 4.79 Å². The summed E-state index contributed by atoms with van der Waals surface area (Å²) in [5, 5.41) is 23.4. The summed E-state index contributed by atoms with van der Waals surface area (Å²) in [5.74, 6) is -1.13. The number of aromatic nitrogens is 1. The van der Waals surface area contributed by atoms with E-state index in [1.807, 2.05) is 30.6 Å². The molecule has 0 aliphatic carbocycles. The third kappa shape index (κ3) is 4.65. The van der Waals surface area contributed by atoms with Gasteiger partial charge in [-0.25, -0.2) is 0 Å². The van der Waals surface area contributed by atoms with E-state index < -0.39 is 11.9 Å². The highest BCUT2D eigenvalue weighted by molar-refractivity contribution is 6.09. The zero-order chi connectivity index (χ0) is 22.5. The monoisotopic (exact) mass is 414 g/mol. The first-order valence-electron chi connectivity index (χ1n) is 9.42. The van der Waals surface area contributed by atoms with E-state index in [-0.39, 0.29) is 11.1 Å². The summed E-state index contributed by atoms with van der Waals surface area (Å²) in [6.07, 6.45) is 1.51. The number of anilines is 1. The zero-order valence-corrected chi connectivity index (χ0v) is 17.3. The molecule has 0 bridgehead atoms. The quantitative estimate of drug-likeness (QED) is 0.493. The van der Waals surface area contributed by atoms with Gasteiger partial charge in [0.2, 0.25) is 0 Å². The van der Waals surface area contributed by atoms with Crippen LogP contribution < -0.4 is 15.2 Å². The van der Waals surface area contributed by atoms with Crippen molar-refractivity contribution in [1.82, 2.24) is 4.57 Å². The Kier molecular flexibility index (Phi) is 6.22. The lowest BCUT2D eigenvalue weighted by atomic mass is 10.1. The molecule has 3 aromatic rings. The molecule has 2 aromatic carbocycles. The smallest absolute Gasteiger partial charge is 0.266 e. The van der Waals surface area contributed by atoms with Crippen LogP contribution in [0, 0.1) is 25.2 Å². The van der Waals surface area contributed by atoms with Gasteiger partial charge >= 0.3 is 0 Å². The number of rotatable bonds is 6. The molecule has 0 spiro atoms. The van der Waals surface area contributed by atoms with Gasteiger partial charge in [-0.2, -0.15) is 5.26 Å². The molecule has 0 radical (unpaired) electrons. The first-order valence-corrected chi connectivity index (χ1v) is 9.42. The van der Waals surface area contributed by atoms with Crippen LogP contribution in [-0.4, -0.2) is 23.6 Å². The second-order valence-corrected chi connectivity index (χ2v) is 6.85. The lowest BCUT2D eigenvalue weighted by Crippen LogP contribution is -2.22. The Morgan fingerprint density at radius 1 is 1.13 bits per heavy atom. The number of carboxylic acids is 1. The molecular formula is C24H20N3O4-. The van der Waals surface area contributed by atoms with Gasteiger partial charge in [-0.05, 0) is 73.5 Å². The van der Waals surface area contributed by atoms with Crippen LogP contribution in [-0.2, 0) is 4.79 Å². The zero-order valence-electron chi connectivity index (χ0n) is 17.3. The highest BCUT2D eigenvalue weighted by atomic mass is 16.5. The summed E-state index contributed by atoms with van der Waals surface area (Å²) in [7, 11) is 1.55. The van der Waals surface area contributed by atoms with Gasteiger partial charge in [0.25, 0.3) is 5.91 Å². The molecule has 7 nitrogen and oxygen atoms in total. The number of hydrogen-bond acceptors (Lipinski definition) is 5. The number of nitrogens with one attached hydrogen (secondary N) is 1. The van der Waals surface area contributed by atoms with Crippen LogP contribution in [0.25, 0.3) is 11.8 Å². The molecule has 7 heteroatoms. The second-order valence-electron chi connectivity index (χ2n) is 6.85. The van der Waals surface area contributed by atoms with Crippen LogP contribution in [0.4, 0.5) is 5.69 Å². The van der Waals surface area contributed by atoms with Crippen molar-refractivity contribution in [2.75, 3.05) is 12.4 Å². The van der Waals surface area contributed by atoms with E-state index in [1.54, 1.807) is 43.5 Å². The van der Waals surface area contributed by atoms with Gasteiger partial charge in [0.1, 0.15) is 17.4 Å². The van der Waals surface area contributed by atoms with Crippen LogP contribution in [0.1, 0.15) is 27.3 Å². The molecule has 0 atom stereocenters. The number of carbonyl (C=O) groups excluding carboxylic acids is 2. The topological polar surface area (TPSA) is 107 Å². The minimum atomic E-state index is -1.26. The van der Waals surface area contributed by atoms with Gasteiger partial charge in [0.05, 0.1) is 13.1 Å². The normalized spacial score (nSPS) is 11.0. The molecule has 1 N–H and O–H groups in total. The minimum absolute atomic E-state index is 0.0560. The lowest BCUT2D eigenvalue weighted by Gasteiger charge is -2.12. The summed E-state index contributed by atoms with van der Waals surface area (Å²) in [6.45, 7) is 3.69. The van der Waals surface area contributed by atoms with Crippen molar-refractivity contribution in [2.24, 2.45) is 0 Å². The Hall–Kier alpha value is -4.31. The number of amides is 1. The van der Waals surface area contributed by atoms with Crippen molar-refractivity contribution < 1.29 is 19.4 Å². The van der Waals surface area contributed by atoms with Gasteiger partial charge in [0.15, 0.2) is 0 Å². The average Bonchev–Trinajstić information content (AvgIpc) is 3.05. The first-order chi connectivity index (χ1) is 14.8. The van der Waals surface area contributed by atoms with Crippen LogP contribution in [0.5, 0.6) is 5.75 Å². The highest BCUT2D eigenvalue weighted by Gasteiger charge is 2.14. The van der Waals surface area contributed by atoms with E-state index >= 15 is 0 Å². The number of hydrogen-bond donors (Lipinski definition) is 1. The number of methoxy groups -OCH3 is 1. The SMILES string of the molecule is COc1ccc(NC(=O)/C(C#N)=C/c2cc(C)n(-c3cccc(C(=O)[O-])c3)c2C)cc1. The molecule has 3 rings (SSSR count). The van der Waals surface area contributed by atoms with E-state index in [1.165, 1.54) is 18.2 Å². The summed E-state index contributed by atoms with van der Waals surface area (Å²) in [6, 6.07) is 17.0. The summed E-state index contributed by atoms with van der Waals surface area (Å²) in [5.41, 5.74) is 3.47. The molecule has 0 aliphatic heterocycles. The Morgan fingerprint density at radius 3 is 2.45 bits per heavy atom. The predicted octanol–water partition coefficient (Wildman–Crippen LogP) is 3.01. The van der Waals surface area contributed by atoms with Gasteiger partial charge in [-0.1, -0.05) is 12.1 Å². The fourth-order valence-corrected chi connectivity index (χ4v) is 3.28. The molecule has 1 aromatic heterocycles. The molecular weight excluding hydrogens is 394 g/mol. The molecule has 0 saturated carbocycles. The fourth-order valence-electron chi connectivity index (χ4n) is 3.28. The van der Waals surface area contributed by atoms with Crippen molar-refractivity contribution in [3.8, 4) is 17.5 Å². The third-order valence-corrected chi connectivity index (χ3v) is 4.82. The largest absolute Gasteiger partial charge is 0.545 e. The molecule has 31 heavy (non-hydrogen) atoms. The number of aryl methyl sites for hydroxylation is 1. The predicted molar refractivity (Wildman–Crippen MR) is 115 cm³/mol. The minimum Gasteiger partial charge on any atom is -0.545 e. The number of nitriles is 1. The molecule has 0 unspecified atom stereocenters. The Bertz CT molecular complexity index is 1210. The van der Waals surface area contributed by atoms with Crippen molar-refractivity contribution in [1.29, 1.82) is 5.26 Å². The maximum atomic E-state index is 12.6. The van der Waals surface area contributed by atoms with Gasteiger partial charge in [-0.15, -0.1) is 0 Å². The number of nitrogens with zero attached hydrogens (tertiary/aromatic N) is 2. The van der Waals surface area contributed by atoms with Gasteiger partial charge < -0.3 is 24.5 Å². The molecule has 0 aliphatic rings. The summed E-state index contributed by atoms with van der Waals surface area (Å²) >= 11 is 0. The van der Waals surface area contributed by atoms with Crippen LogP contribution >= 0.6 is 0 Å². The summed E-state index contributed by atoms with van der Waals surface area (Å²) < 4.78 is 6.95. The van der Waals surface area contributed by atoms with Crippen LogP contribution in [0.2, 0.25) is 0 Å². The summed E-state index contributed by atoms with van der Waals surface area (Å²) in [4.78, 5) is 23.8. The molecule has 1 heterocycles. The number of carboxylic acid groups (broad SMARTS) is 1. The van der Waals surface area contributed by atoms with Crippen molar-refractivity contribution in [2.45, 2.75) is 13.8 Å². The van der Waals surface area contributed by atoms with E-state index in [2.05, 4.69) is 5.32 Å². The Balaban J connectivity index is 1.92. The lowest BCUT2D eigenvalue weighted by molar-refractivity contribution is -0.255. The number of ether oxygens (including phenoxy) is 1.